The molecular weight excluding hydrogens is 404 g/mol. The number of nitrogens with zero attached hydrogens (tertiary/aromatic N) is 5. The first-order valence-electron chi connectivity index (χ1n) is 10.4. The van der Waals surface area contributed by atoms with Gasteiger partial charge in [-0.05, 0) is 36.2 Å². The first-order valence-corrected chi connectivity index (χ1v) is 10.4. The molecule has 0 aliphatic carbocycles. The molecule has 0 bridgehead atoms. The van der Waals surface area contributed by atoms with E-state index >= 15 is 0 Å². The third kappa shape index (κ3) is 4.12. The third-order valence-corrected chi connectivity index (χ3v) is 5.29. The number of hydrogen-bond acceptors (Lipinski definition) is 7. The predicted octanol–water partition coefficient (Wildman–Crippen LogP) is 3.31. The lowest BCUT2D eigenvalue weighted by molar-refractivity contribution is 0.0744. The smallest absolute Gasteiger partial charge is 0.253 e. The maximum absolute atomic E-state index is 12.1. The molecule has 2 aromatic carbocycles. The standard InChI is InChI=1S/C24H26N6O2/c1-5-15-7-6-8-18(13-15)22-28-30(4)24(32-22)20-21(25)26-14-19(27-20)16-9-11-17(12-10-16)23(31)29(2)3/h6-14,24H,5H2,1-4H3,(H2,25,26). The van der Waals surface area contributed by atoms with E-state index in [0.29, 0.717) is 22.8 Å². The molecule has 32 heavy (non-hydrogen) atoms. The van der Waals surface area contributed by atoms with Crippen LogP contribution in [-0.2, 0) is 11.2 Å². The zero-order chi connectivity index (χ0) is 22.8. The summed E-state index contributed by atoms with van der Waals surface area (Å²) < 4.78 is 6.14. The number of aromatic nitrogens is 2. The van der Waals surface area contributed by atoms with Crippen LogP contribution >= 0.6 is 0 Å². The van der Waals surface area contributed by atoms with Crippen molar-refractivity contribution < 1.29 is 9.53 Å². The molecule has 8 nitrogen and oxygen atoms in total. The molecule has 8 heteroatoms. The second-order valence-electron chi connectivity index (χ2n) is 7.81. The Bertz CT molecular complexity index is 1170. The fourth-order valence-corrected chi connectivity index (χ4v) is 3.46. The average molecular weight is 431 g/mol. The van der Waals surface area contributed by atoms with Gasteiger partial charge >= 0.3 is 0 Å². The van der Waals surface area contributed by atoms with Gasteiger partial charge in [0.05, 0.1) is 11.9 Å². The van der Waals surface area contributed by atoms with Gasteiger partial charge in [-0.3, -0.25) is 9.80 Å². The van der Waals surface area contributed by atoms with Crippen LogP contribution in [0.5, 0.6) is 0 Å². The molecule has 0 saturated heterocycles. The topological polar surface area (TPSA) is 96.9 Å². The van der Waals surface area contributed by atoms with Crippen LogP contribution in [-0.4, -0.2) is 52.8 Å². The first-order chi connectivity index (χ1) is 15.4. The van der Waals surface area contributed by atoms with Gasteiger partial charge in [-0.25, -0.2) is 9.97 Å². The molecule has 3 aromatic rings. The summed E-state index contributed by atoms with van der Waals surface area (Å²) in [5.41, 5.74) is 10.8. The minimum atomic E-state index is -0.586. The number of carbonyl (C=O) groups is 1. The largest absolute Gasteiger partial charge is 0.444 e. The second kappa shape index (κ2) is 8.66. The molecule has 1 aliphatic heterocycles. The lowest BCUT2D eigenvalue weighted by Crippen LogP contribution is -2.21. The highest BCUT2D eigenvalue weighted by atomic mass is 16.5. The lowest BCUT2D eigenvalue weighted by atomic mass is 10.1. The van der Waals surface area contributed by atoms with Gasteiger partial charge in [-0.2, -0.15) is 0 Å². The second-order valence-corrected chi connectivity index (χ2v) is 7.81. The normalized spacial score (nSPS) is 15.3. The van der Waals surface area contributed by atoms with E-state index in [1.54, 1.807) is 37.4 Å². The zero-order valence-corrected chi connectivity index (χ0v) is 18.6. The van der Waals surface area contributed by atoms with Crippen molar-refractivity contribution in [3.05, 3.63) is 77.1 Å². The highest BCUT2D eigenvalue weighted by Crippen LogP contribution is 2.31. The zero-order valence-electron chi connectivity index (χ0n) is 18.6. The Morgan fingerprint density at radius 1 is 1.16 bits per heavy atom. The molecule has 4 rings (SSSR count). The Balaban J connectivity index is 1.60. The van der Waals surface area contributed by atoms with Crippen molar-refractivity contribution >= 4 is 17.6 Å². The molecule has 1 aliphatic rings. The van der Waals surface area contributed by atoms with Gasteiger partial charge in [0.15, 0.2) is 5.82 Å². The number of anilines is 1. The Morgan fingerprint density at radius 2 is 1.91 bits per heavy atom. The molecule has 0 radical (unpaired) electrons. The Kier molecular flexibility index (Phi) is 5.77. The molecule has 1 unspecified atom stereocenters. The monoisotopic (exact) mass is 430 g/mol. The number of amides is 1. The maximum Gasteiger partial charge on any atom is 0.253 e. The molecular formula is C24H26N6O2. The minimum absolute atomic E-state index is 0.0570. The average Bonchev–Trinajstić information content (AvgIpc) is 3.20. The molecule has 164 valence electrons. The van der Waals surface area contributed by atoms with Crippen LogP contribution < -0.4 is 5.73 Å². The van der Waals surface area contributed by atoms with E-state index in [9.17, 15) is 4.79 Å². The number of aryl methyl sites for hydroxylation is 1. The maximum atomic E-state index is 12.1. The van der Waals surface area contributed by atoms with Gasteiger partial charge in [0.2, 0.25) is 12.1 Å². The third-order valence-electron chi connectivity index (χ3n) is 5.29. The van der Waals surface area contributed by atoms with Crippen LogP contribution in [0.1, 0.15) is 40.3 Å². The summed E-state index contributed by atoms with van der Waals surface area (Å²) in [5.74, 6) is 0.744. The summed E-state index contributed by atoms with van der Waals surface area (Å²) in [6.45, 7) is 2.11. The van der Waals surface area contributed by atoms with E-state index in [4.69, 9.17) is 15.5 Å². The fourth-order valence-electron chi connectivity index (χ4n) is 3.46. The van der Waals surface area contributed by atoms with Gasteiger partial charge in [-0.1, -0.05) is 31.2 Å². The van der Waals surface area contributed by atoms with E-state index in [-0.39, 0.29) is 11.7 Å². The van der Waals surface area contributed by atoms with Crippen LogP contribution in [0.4, 0.5) is 5.82 Å². The molecule has 2 N–H and O–H groups in total. The highest BCUT2D eigenvalue weighted by molar-refractivity contribution is 5.95. The summed E-state index contributed by atoms with van der Waals surface area (Å²) in [4.78, 5) is 22.7. The van der Waals surface area contributed by atoms with Crippen molar-refractivity contribution in [2.45, 2.75) is 19.6 Å². The van der Waals surface area contributed by atoms with Crippen molar-refractivity contribution in [2.24, 2.45) is 5.10 Å². The minimum Gasteiger partial charge on any atom is -0.444 e. The Hall–Kier alpha value is -3.94. The van der Waals surface area contributed by atoms with Crippen LogP contribution in [0.2, 0.25) is 0 Å². The van der Waals surface area contributed by atoms with Crippen LogP contribution in [0, 0.1) is 0 Å². The number of hydrazone groups is 1. The molecule has 1 aromatic heterocycles. The van der Waals surface area contributed by atoms with Gasteiger partial charge in [0.25, 0.3) is 5.91 Å². The SMILES string of the molecule is CCc1cccc(C2=NN(C)C(c3nc(-c4ccc(C(=O)N(C)C)cc4)cnc3N)O2)c1. The molecule has 0 spiro atoms. The van der Waals surface area contributed by atoms with Gasteiger partial charge < -0.3 is 15.4 Å². The lowest BCUT2D eigenvalue weighted by Gasteiger charge is -2.19. The van der Waals surface area contributed by atoms with E-state index in [2.05, 4.69) is 29.1 Å². The van der Waals surface area contributed by atoms with Crippen molar-refractivity contribution in [2.75, 3.05) is 26.9 Å². The van der Waals surface area contributed by atoms with E-state index < -0.39 is 6.23 Å². The van der Waals surface area contributed by atoms with Crippen molar-refractivity contribution in [3.63, 3.8) is 0 Å². The van der Waals surface area contributed by atoms with Gasteiger partial charge in [0.1, 0.15) is 5.69 Å². The molecule has 2 heterocycles. The number of rotatable bonds is 5. The number of ether oxygens (including phenoxy) is 1. The summed E-state index contributed by atoms with van der Waals surface area (Å²) in [7, 11) is 5.26. The van der Waals surface area contributed by atoms with Crippen LogP contribution in [0.3, 0.4) is 0 Å². The summed E-state index contributed by atoms with van der Waals surface area (Å²) in [5, 5.41) is 6.24. The summed E-state index contributed by atoms with van der Waals surface area (Å²) in [6, 6.07) is 15.3. The Morgan fingerprint density at radius 3 is 2.59 bits per heavy atom. The molecule has 1 atom stereocenters. The van der Waals surface area contributed by atoms with Crippen LogP contribution in [0.25, 0.3) is 11.3 Å². The van der Waals surface area contributed by atoms with E-state index in [1.165, 1.54) is 10.5 Å². The van der Waals surface area contributed by atoms with Gasteiger partial charge in [-0.15, -0.1) is 5.10 Å². The molecule has 0 fully saturated rings. The number of nitrogens with two attached hydrogens (primary N) is 1. The number of hydrogen-bond donors (Lipinski definition) is 1. The van der Waals surface area contributed by atoms with Crippen LogP contribution in [0.15, 0.2) is 59.8 Å². The molecule has 0 saturated carbocycles. The number of nitrogen functional groups attached to an aromatic ring is 1. The molecule has 1 amide bonds. The Labute approximate surface area is 187 Å². The summed E-state index contributed by atoms with van der Waals surface area (Å²) >= 11 is 0. The van der Waals surface area contributed by atoms with E-state index in [1.807, 2.05) is 31.3 Å². The number of benzene rings is 2. The van der Waals surface area contributed by atoms with E-state index in [0.717, 1.165) is 17.5 Å². The predicted molar refractivity (Wildman–Crippen MR) is 124 cm³/mol. The summed E-state index contributed by atoms with van der Waals surface area (Å²) in [6.07, 6.45) is 1.96. The van der Waals surface area contributed by atoms with Crippen molar-refractivity contribution in [1.29, 1.82) is 0 Å². The fraction of sp³-hybridized carbons (Fsp3) is 0.250. The van der Waals surface area contributed by atoms with Crippen molar-refractivity contribution in [1.82, 2.24) is 19.9 Å². The first kappa shape index (κ1) is 21.3. The number of carbonyl (C=O) groups excluding carboxylic acids is 1. The quantitative estimate of drug-likeness (QED) is 0.667. The van der Waals surface area contributed by atoms with Crippen molar-refractivity contribution in [3.8, 4) is 11.3 Å². The van der Waals surface area contributed by atoms with Gasteiger partial charge in [0, 0.05) is 37.8 Å². The highest BCUT2D eigenvalue weighted by Gasteiger charge is 2.31.